The van der Waals surface area contributed by atoms with E-state index in [2.05, 4.69) is 20.9 Å². The van der Waals surface area contributed by atoms with Crippen LogP contribution in [0.2, 0.25) is 0 Å². The van der Waals surface area contributed by atoms with Crippen molar-refractivity contribution >= 4 is 50.7 Å². The number of nitrogens with zero attached hydrogens (tertiary/aromatic N) is 1. The van der Waals surface area contributed by atoms with E-state index in [4.69, 9.17) is 14.2 Å². The van der Waals surface area contributed by atoms with E-state index in [0.29, 0.717) is 32.0 Å². The molecule has 1 amide bonds. The van der Waals surface area contributed by atoms with E-state index in [1.807, 2.05) is 6.07 Å². The summed E-state index contributed by atoms with van der Waals surface area (Å²) in [6, 6.07) is 10.5. The van der Waals surface area contributed by atoms with Crippen molar-refractivity contribution in [3.63, 3.8) is 0 Å². The number of rotatable bonds is 6. The summed E-state index contributed by atoms with van der Waals surface area (Å²) in [6.07, 6.45) is 1.66. The van der Waals surface area contributed by atoms with Gasteiger partial charge in [-0.1, -0.05) is 30.0 Å². The van der Waals surface area contributed by atoms with Crippen molar-refractivity contribution in [3.05, 3.63) is 73.8 Å². The first kappa shape index (κ1) is 24.6. The molecular weight excluding hydrogens is 510 g/mol. The molecule has 0 spiro atoms. The van der Waals surface area contributed by atoms with Gasteiger partial charge in [0.25, 0.3) is 5.91 Å². The average molecular weight is 532 g/mol. The molecule has 7 nitrogen and oxygen atoms in total. The predicted molar refractivity (Wildman–Crippen MR) is 132 cm³/mol. The van der Waals surface area contributed by atoms with Gasteiger partial charge in [-0.3, -0.25) is 4.79 Å². The third-order valence-corrected chi connectivity index (χ3v) is 6.31. The maximum absolute atomic E-state index is 12.8. The van der Waals surface area contributed by atoms with E-state index in [9.17, 15) is 14.7 Å². The Balaban J connectivity index is 2.07. The van der Waals surface area contributed by atoms with E-state index in [1.54, 1.807) is 50.3 Å². The summed E-state index contributed by atoms with van der Waals surface area (Å²) in [5.41, 5.74) is 1.69. The molecule has 0 bridgehead atoms. The van der Waals surface area contributed by atoms with E-state index < -0.39 is 11.9 Å². The molecule has 9 heteroatoms. The quantitative estimate of drug-likeness (QED) is 0.493. The summed E-state index contributed by atoms with van der Waals surface area (Å²) >= 11 is 4.45. The molecule has 2 aromatic carbocycles. The number of carbonyl (C=O) groups excluding carboxylic acids is 2. The van der Waals surface area contributed by atoms with Gasteiger partial charge >= 0.3 is 5.97 Å². The highest BCUT2D eigenvalue weighted by atomic mass is 79.9. The van der Waals surface area contributed by atoms with Crippen LogP contribution in [0.5, 0.6) is 11.5 Å². The summed E-state index contributed by atoms with van der Waals surface area (Å²) in [6.45, 7) is 3.57. The fraction of sp³-hybridized carbons (Fsp3) is 0.208. The Hall–Kier alpha value is -3.04. The number of amides is 1. The number of carbonyl (C=O) groups is 2. The molecule has 2 aromatic rings. The Morgan fingerprint density at radius 1 is 1.18 bits per heavy atom. The predicted octanol–water partition coefficient (Wildman–Crippen LogP) is 5.48. The van der Waals surface area contributed by atoms with E-state index >= 15 is 0 Å². The summed E-state index contributed by atoms with van der Waals surface area (Å²) in [5.74, 6) is -0.562. The molecule has 1 heterocycles. The number of methoxy groups -OCH3 is 2. The lowest BCUT2D eigenvalue weighted by atomic mass is 10.1. The van der Waals surface area contributed by atoms with Gasteiger partial charge in [-0.05, 0) is 65.2 Å². The van der Waals surface area contributed by atoms with Gasteiger partial charge in [-0.2, -0.15) is 0 Å². The number of aliphatic hydroxyl groups is 1. The molecule has 3 rings (SSSR count). The Kier molecular flexibility index (Phi) is 7.99. The van der Waals surface area contributed by atoms with Crippen molar-refractivity contribution in [2.45, 2.75) is 13.8 Å². The third kappa shape index (κ3) is 5.31. The SMILES string of the molecule is CCOC(=O)C1=C(O)/C(=C/c2cc(Br)c(OC)c(OC)c2)SC1=NC(=O)c1ccccc1C. The van der Waals surface area contributed by atoms with Gasteiger partial charge < -0.3 is 19.3 Å². The van der Waals surface area contributed by atoms with Crippen LogP contribution >= 0.6 is 27.7 Å². The second kappa shape index (κ2) is 10.7. The van der Waals surface area contributed by atoms with E-state index in [-0.39, 0.29) is 23.0 Å². The summed E-state index contributed by atoms with van der Waals surface area (Å²) < 4.78 is 16.4. The highest BCUT2D eigenvalue weighted by Crippen LogP contribution is 2.41. The standard InChI is InChI=1S/C24H22BrNO6S/c1-5-32-24(29)19-20(27)18(12-14-10-16(25)21(31-4)17(11-14)30-3)33-23(19)26-22(28)15-9-7-6-8-13(15)2/h6-12,27H,5H2,1-4H3/b18-12-,26-23?. The van der Waals surface area contributed by atoms with Crippen LogP contribution in [0.4, 0.5) is 0 Å². The van der Waals surface area contributed by atoms with Gasteiger partial charge in [0.15, 0.2) is 11.5 Å². The normalized spacial score (nSPS) is 15.8. The van der Waals surface area contributed by atoms with Crippen molar-refractivity contribution in [2.75, 3.05) is 20.8 Å². The smallest absolute Gasteiger partial charge is 0.344 e. The van der Waals surface area contributed by atoms with Gasteiger partial charge in [0.1, 0.15) is 16.4 Å². The van der Waals surface area contributed by atoms with Crippen molar-refractivity contribution in [3.8, 4) is 11.5 Å². The van der Waals surface area contributed by atoms with Crippen molar-refractivity contribution < 1.29 is 28.9 Å². The zero-order chi connectivity index (χ0) is 24.1. The van der Waals surface area contributed by atoms with E-state index in [1.165, 1.54) is 14.2 Å². The lowest BCUT2D eigenvalue weighted by Crippen LogP contribution is -2.14. The number of hydrogen-bond donors (Lipinski definition) is 1. The lowest BCUT2D eigenvalue weighted by Gasteiger charge is -2.10. The largest absolute Gasteiger partial charge is 0.506 e. The summed E-state index contributed by atoms with van der Waals surface area (Å²) in [4.78, 5) is 29.9. The molecule has 0 saturated carbocycles. The number of thioether (sulfide) groups is 1. The van der Waals surface area contributed by atoms with Gasteiger partial charge in [-0.15, -0.1) is 0 Å². The van der Waals surface area contributed by atoms with Crippen molar-refractivity contribution in [1.29, 1.82) is 0 Å². The molecule has 0 atom stereocenters. The topological polar surface area (TPSA) is 94.4 Å². The molecule has 0 fully saturated rings. The number of aryl methyl sites for hydroxylation is 1. The summed E-state index contributed by atoms with van der Waals surface area (Å²) in [7, 11) is 3.05. The molecule has 1 N–H and O–H groups in total. The first-order valence-electron chi connectivity index (χ1n) is 9.91. The second-order valence-corrected chi connectivity index (χ2v) is 8.71. The average Bonchev–Trinajstić information content (AvgIpc) is 3.08. The van der Waals surface area contributed by atoms with Crippen LogP contribution in [0.1, 0.15) is 28.4 Å². The molecule has 172 valence electrons. The van der Waals surface area contributed by atoms with Crippen molar-refractivity contribution in [2.24, 2.45) is 4.99 Å². The van der Waals surface area contributed by atoms with Gasteiger partial charge in [0, 0.05) is 5.56 Å². The maximum atomic E-state index is 12.8. The van der Waals surface area contributed by atoms with Crippen LogP contribution in [0.25, 0.3) is 6.08 Å². The highest BCUT2D eigenvalue weighted by Gasteiger charge is 2.34. The molecule has 0 aromatic heterocycles. The second-order valence-electron chi connectivity index (χ2n) is 6.83. The molecule has 0 saturated heterocycles. The Bertz CT molecular complexity index is 1200. The van der Waals surface area contributed by atoms with Crippen LogP contribution in [-0.4, -0.2) is 42.9 Å². The minimum atomic E-state index is -0.754. The third-order valence-electron chi connectivity index (χ3n) is 4.70. The number of ether oxygens (including phenoxy) is 3. The number of hydrogen-bond acceptors (Lipinski definition) is 7. The molecular formula is C24H22BrNO6S. The zero-order valence-electron chi connectivity index (χ0n) is 18.5. The first-order valence-corrected chi connectivity index (χ1v) is 11.5. The fourth-order valence-electron chi connectivity index (χ4n) is 3.13. The van der Waals surface area contributed by atoms with E-state index in [0.717, 1.165) is 17.3 Å². The zero-order valence-corrected chi connectivity index (χ0v) is 20.9. The number of aliphatic imine (C=N–C) groups is 1. The van der Waals surface area contributed by atoms with Gasteiger partial charge in [0.2, 0.25) is 0 Å². The minimum Gasteiger partial charge on any atom is -0.506 e. The van der Waals surface area contributed by atoms with Crippen LogP contribution in [0.3, 0.4) is 0 Å². The molecule has 1 aliphatic heterocycles. The highest BCUT2D eigenvalue weighted by molar-refractivity contribution is 9.10. The molecule has 33 heavy (non-hydrogen) atoms. The molecule has 0 aliphatic carbocycles. The monoisotopic (exact) mass is 531 g/mol. The number of aliphatic hydroxyl groups excluding tert-OH is 1. The van der Waals surface area contributed by atoms with Crippen LogP contribution in [0.15, 0.2) is 62.1 Å². The maximum Gasteiger partial charge on any atom is 0.344 e. The van der Waals surface area contributed by atoms with Crippen LogP contribution < -0.4 is 9.47 Å². The Morgan fingerprint density at radius 3 is 2.55 bits per heavy atom. The Morgan fingerprint density at radius 2 is 1.91 bits per heavy atom. The van der Waals surface area contributed by atoms with Gasteiger partial charge in [0.05, 0.1) is 30.2 Å². The molecule has 0 radical (unpaired) electrons. The number of benzene rings is 2. The Labute approximate surface area is 204 Å². The fourth-order valence-corrected chi connectivity index (χ4v) is 4.76. The summed E-state index contributed by atoms with van der Waals surface area (Å²) in [5, 5.41) is 10.9. The first-order chi connectivity index (χ1) is 15.8. The van der Waals surface area contributed by atoms with Crippen LogP contribution in [-0.2, 0) is 9.53 Å². The van der Waals surface area contributed by atoms with Crippen LogP contribution in [0, 0.1) is 6.92 Å². The molecule has 0 unspecified atom stereocenters. The number of esters is 1. The minimum absolute atomic E-state index is 0.0741. The molecule has 1 aliphatic rings. The van der Waals surface area contributed by atoms with Gasteiger partial charge in [-0.25, -0.2) is 9.79 Å². The lowest BCUT2D eigenvalue weighted by molar-refractivity contribution is -0.138. The number of halogens is 1. The van der Waals surface area contributed by atoms with Crippen molar-refractivity contribution in [1.82, 2.24) is 0 Å².